The van der Waals surface area contributed by atoms with Gasteiger partial charge in [-0.2, -0.15) is 0 Å². The number of rotatable bonds is 5. The summed E-state index contributed by atoms with van der Waals surface area (Å²) < 4.78 is 0. The summed E-state index contributed by atoms with van der Waals surface area (Å²) in [5.74, 6) is -0.435. The minimum atomic E-state index is -0.694. The van der Waals surface area contributed by atoms with Crippen molar-refractivity contribution >= 4 is 35.7 Å². The fourth-order valence-electron chi connectivity index (χ4n) is 3.02. The largest absolute Gasteiger partial charge is 0.483 e. The van der Waals surface area contributed by atoms with Gasteiger partial charge in [0.1, 0.15) is 5.82 Å². The quantitative estimate of drug-likeness (QED) is 0.652. The Morgan fingerprint density at radius 2 is 1.81 bits per heavy atom. The highest BCUT2D eigenvalue weighted by atomic mass is 35.5. The molecular formula is C18H19ClN4O4. The maximum Gasteiger partial charge on any atom is 0.290 e. The molecule has 3 rings (SSSR count). The van der Waals surface area contributed by atoms with E-state index in [4.69, 9.17) is 33.0 Å². The molecule has 2 aromatic rings. The van der Waals surface area contributed by atoms with Crippen LogP contribution in [-0.2, 0) is 16.0 Å². The van der Waals surface area contributed by atoms with Crippen molar-refractivity contribution in [1.29, 1.82) is 0 Å². The first-order valence-electron chi connectivity index (χ1n) is 7.95. The van der Waals surface area contributed by atoms with Crippen LogP contribution in [0, 0.1) is 5.41 Å². The lowest BCUT2D eigenvalue weighted by Gasteiger charge is -2.49. The number of halogens is 1. The highest BCUT2D eigenvalue weighted by Gasteiger charge is 2.49. The smallest absolute Gasteiger partial charge is 0.290 e. The summed E-state index contributed by atoms with van der Waals surface area (Å²) in [7, 11) is 0. The Labute approximate surface area is 160 Å². The molecule has 1 aliphatic rings. The zero-order valence-electron chi connectivity index (χ0n) is 14.3. The van der Waals surface area contributed by atoms with Crippen LogP contribution >= 0.6 is 11.6 Å². The summed E-state index contributed by atoms with van der Waals surface area (Å²) in [6.45, 7) is 0.532. The highest BCUT2D eigenvalue weighted by molar-refractivity contribution is 6.30. The minimum absolute atomic E-state index is 0.250. The molecule has 0 aliphatic carbocycles. The monoisotopic (exact) mass is 390 g/mol. The van der Waals surface area contributed by atoms with Gasteiger partial charge in [-0.05, 0) is 36.2 Å². The Balaban J connectivity index is 0.000000817. The molecule has 142 valence electrons. The van der Waals surface area contributed by atoms with Gasteiger partial charge in [0.2, 0.25) is 5.91 Å². The summed E-state index contributed by atoms with van der Waals surface area (Å²) in [5, 5.41) is 7.53. The number of primary amides is 2. The van der Waals surface area contributed by atoms with Crippen molar-refractivity contribution in [2.45, 2.75) is 6.42 Å². The number of pyridine rings is 1. The minimum Gasteiger partial charge on any atom is -0.483 e. The van der Waals surface area contributed by atoms with Crippen LogP contribution in [0.15, 0.2) is 42.6 Å². The summed E-state index contributed by atoms with van der Waals surface area (Å²) in [4.78, 5) is 38.0. The van der Waals surface area contributed by atoms with Crippen LogP contribution in [0.1, 0.15) is 15.9 Å². The van der Waals surface area contributed by atoms with Gasteiger partial charge >= 0.3 is 0 Å². The highest BCUT2D eigenvalue weighted by Crippen LogP contribution is 2.37. The van der Waals surface area contributed by atoms with Crippen molar-refractivity contribution in [3.8, 4) is 0 Å². The summed E-state index contributed by atoms with van der Waals surface area (Å²) in [6.07, 6.45) is 2.10. The molecule has 1 aromatic heterocycles. The van der Waals surface area contributed by atoms with Crippen LogP contribution in [0.4, 0.5) is 5.82 Å². The van der Waals surface area contributed by atoms with Gasteiger partial charge in [-0.1, -0.05) is 23.7 Å². The molecule has 2 amide bonds. The predicted octanol–water partition coefficient (Wildman–Crippen LogP) is 1.07. The number of carboxylic acid groups (broad SMARTS) is 1. The first kappa shape index (κ1) is 20.2. The van der Waals surface area contributed by atoms with Gasteiger partial charge in [-0.15, -0.1) is 0 Å². The SMILES string of the molecule is NC(=O)c1cccnc1N1CC(Cc2ccc(Cl)cc2)(C(N)=O)C1.O=CO. The molecule has 0 bridgehead atoms. The van der Waals surface area contributed by atoms with E-state index in [2.05, 4.69) is 4.98 Å². The summed E-state index contributed by atoms with van der Waals surface area (Å²) in [5.41, 5.74) is 11.7. The maximum absolute atomic E-state index is 12.0. The molecule has 0 saturated carbocycles. The van der Waals surface area contributed by atoms with E-state index in [9.17, 15) is 9.59 Å². The average Bonchev–Trinajstić information content (AvgIpc) is 2.60. The fraction of sp³-hybridized carbons (Fsp3) is 0.222. The Kier molecular flexibility index (Phi) is 6.36. The van der Waals surface area contributed by atoms with Crippen LogP contribution < -0.4 is 16.4 Å². The summed E-state index contributed by atoms with van der Waals surface area (Å²) >= 11 is 5.89. The van der Waals surface area contributed by atoms with Crippen molar-refractivity contribution in [1.82, 2.24) is 4.98 Å². The number of carbonyl (C=O) groups is 3. The molecule has 0 atom stereocenters. The molecule has 9 heteroatoms. The third kappa shape index (κ3) is 4.53. The van der Waals surface area contributed by atoms with Gasteiger partial charge in [-0.3, -0.25) is 14.4 Å². The van der Waals surface area contributed by atoms with Gasteiger partial charge in [0, 0.05) is 24.3 Å². The van der Waals surface area contributed by atoms with Crippen LogP contribution in [0.3, 0.4) is 0 Å². The molecule has 1 fully saturated rings. The number of aromatic nitrogens is 1. The molecule has 27 heavy (non-hydrogen) atoms. The molecular weight excluding hydrogens is 372 g/mol. The molecule has 8 nitrogen and oxygen atoms in total. The van der Waals surface area contributed by atoms with Crippen LogP contribution in [0.25, 0.3) is 0 Å². The first-order chi connectivity index (χ1) is 12.8. The van der Waals surface area contributed by atoms with Crippen molar-refractivity contribution in [3.05, 3.63) is 58.7 Å². The Morgan fingerprint density at radius 1 is 1.22 bits per heavy atom. The molecule has 1 aliphatic heterocycles. The zero-order chi connectivity index (χ0) is 20.0. The first-order valence-corrected chi connectivity index (χ1v) is 8.33. The van der Waals surface area contributed by atoms with Crippen LogP contribution in [0.2, 0.25) is 5.02 Å². The Hall–Kier alpha value is -3.13. The van der Waals surface area contributed by atoms with Gasteiger partial charge in [0.05, 0.1) is 11.0 Å². The lowest BCUT2D eigenvalue weighted by Crippen LogP contribution is -2.64. The van der Waals surface area contributed by atoms with E-state index in [0.717, 1.165) is 5.56 Å². The molecule has 2 heterocycles. The standard InChI is InChI=1S/C17H17ClN4O2.CH2O2/c18-12-5-3-11(4-6-12)8-17(16(20)24)9-22(10-17)15-13(14(19)23)2-1-7-21-15;2-1-3/h1-7H,8-10H2,(H2,19,23)(H2,20,24);1H,(H,2,3). The number of carbonyl (C=O) groups excluding carboxylic acids is 2. The van der Waals surface area contributed by atoms with Gasteiger partial charge < -0.3 is 21.5 Å². The molecule has 0 radical (unpaired) electrons. The van der Waals surface area contributed by atoms with E-state index in [1.54, 1.807) is 30.5 Å². The number of nitrogens with two attached hydrogens (primary N) is 2. The molecule has 0 spiro atoms. The van der Waals surface area contributed by atoms with Gasteiger partial charge in [-0.25, -0.2) is 4.98 Å². The maximum atomic E-state index is 12.0. The number of hydrogen-bond donors (Lipinski definition) is 3. The zero-order valence-corrected chi connectivity index (χ0v) is 15.1. The molecule has 1 aromatic carbocycles. The second kappa shape index (κ2) is 8.50. The Morgan fingerprint density at radius 3 is 2.33 bits per heavy atom. The topological polar surface area (TPSA) is 140 Å². The van der Waals surface area contributed by atoms with E-state index in [0.29, 0.717) is 35.9 Å². The predicted molar refractivity (Wildman–Crippen MR) is 100 cm³/mol. The number of anilines is 1. The van der Waals surface area contributed by atoms with E-state index in [-0.39, 0.29) is 12.4 Å². The van der Waals surface area contributed by atoms with E-state index in [1.807, 2.05) is 17.0 Å². The van der Waals surface area contributed by atoms with Crippen LogP contribution in [-0.4, -0.2) is 41.5 Å². The average molecular weight is 391 g/mol. The van der Waals surface area contributed by atoms with Crippen molar-refractivity contribution in [2.75, 3.05) is 18.0 Å². The lowest BCUT2D eigenvalue weighted by atomic mass is 9.74. The van der Waals surface area contributed by atoms with Crippen molar-refractivity contribution in [3.63, 3.8) is 0 Å². The Bertz CT molecular complexity index is 836. The fourth-order valence-corrected chi connectivity index (χ4v) is 3.15. The van der Waals surface area contributed by atoms with E-state index in [1.165, 1.54) is 0 Å². The number of hydrogen-bond acceptors (Lipinski definition) is 5. The third-order valence-corrected chi connectivity index (χ3v) is 4.57. The number of nitrogens with zero attached hydrogens (tertiary/aromatic N) is 2. The van der Waals surface area contributed by atoms with Crippen LogP contribution in [0.5, 0.6) is 0 Å². The normalized spacial score (nSPS) is 14.3. The van der Waals surface area contributed by atoms with Crippen molar-refractivity contribution < 1.29 is 19.5 Å². The molecule has 0 unspecified atom stereocenters. The lowest BCUT2D eigenvalue weighted by molar-refractivity contribution is -0.129. The number of amides is 2. The third-order valence-electron chi connectivity index (χ3n) is 4.32. The van der Waals surface area contributed by atoms with Gasteiger partial charge in [0.15, 0.2) is 0 Å². The van der Waals surface area contributed by atoms with E-state index >= 15 is 0 Å². The summed E-state index contributed by atoms with van der Waals surface area (Å²) in [6, 6.07) is 10.6. The van der Waals surface area contributed by atoms with Crippen molar-refractivity contribution in [2.24, 2.45) is 16.9 Å². The molecule has 5 N–H and O–H groups in total. The molecule has 1 saturated heterocycles. The van der Waals surface area contributed by atoms with E-state index < -0.39 is 11.3 Å². The second-order valence-electron chi connectivity index (χ2n) is 6.15. The second-order valence-corrected chi connectivity index (χ2v) is 6.58. The number of benzene rings is 1. The van der Waals surface area contributed by atoms with Gasteiger partial charge in [0.25, 0.3) is 12.4 Å².